The Bertz CT molecular complexity index is 934. The average Bonchev–Trinajstić information content (AvgIpc) is 3.39. The van der Waals surface area contributed by atoms with E-state index in [1.807, 2.05) is 23.6 Å². The summed E-state index contributed by atoms with van der Waals surface area (Å²) in [6.07, 6.45) is -0.985. The molecule has 2 heterocycles. The van der Waals surface area contributed by atoms with Crippen molar-refractivity contribution in [3.8, 4) is 16.4 Å². The minimum absolute atomic E-state index is 0.0183. The topological polar surface area (TPSA) is 84.6 Å². The lowest BCUT2D eigenvalue weighted by Gasteiger charge is -2.13. The lowest BCUT2D eigenvalue weighted by Crippen LogP contribution is -2.36. The first kappa shape index (κ1) is 21.3. The van der Waals surface area contributed by atoms with Crippen LogP contribution in [-0.4, -0.2) is 41.2 Å². The molecule has 1 amide bonds. The van der Waals surface area contributed by atoms with E-state index in [1.165, 1.54) is 17.8 Å². The summed E-state index contributed by atoms with van der Waals surface area (Å²) >= 11 is 2.93. The third-order valence-corrected chi connectivity index (χ3v) is 5.53. The molecular formula is C19H18F2N2O4S2. The summed E-state index contributed by atoms with van der Waals surface area (Å²) < 4.78 is 36.4. The molecule has 0 saturated carbocycles. The predicted molar refractivity (Wildman–Crippen MR) is 107 cm³/mol. The molecule has 0 bridgehead atoms. The van der Waals surface area contributed by atoms with Gasteiger partial charge >= 0.3 is 0 Å². The van der Waals surface area contributed by atoms with Crippen molar-refractivity contribution in [3.05, 3.63) is 59.1 Å². The van der Waals surface area contributed by atoms with Gasteiger partial charge in [-0.3, -0.25) is 4.79 Å². The van der Waals surface area contributed by atoms with Crippen molar-refractivity contribution >= 4 is 29.0 Å². The second-order valence-electron chi connectivity index (χ2n) is 6.00. The number of hydrogen-bond acceptors (Lipinski definition) is 7. The number of benzene rings is 1. The highest BCUT2D eigenvalue weighted by molar-refractivity contribution is 7.99. The van der Waals surface area contributed by atoms with Gasteiger partial charge in [0, 0.05) is 24.4 Å². The number of nitrogens with one attached hydrogen (secondary N) is 1. The third kappa shape index (κ3) is 6.55. The molecule has 1 unspecified atom stereocenters. The van der Waals surface area contributed by atoms with Crippen LogP contribution in [0.5, 0.6) is 5.75 Å². The zero-order valence-electron chi connectivity index (χ0n) is 15.1. The van der Waals surface area contributed by atoms with Crippen molar-refractivity contribution in [1.82, 2.24) is 10.5 Å². The van der Waals surface area contributed by atoms with E-state index in [0.29, 0.717) is 11.5 Å². The van der Waals surface area contributed by atoms with Crippen LogP contribution in [0.4, 0.5) is 8.78 Å². The predicted octanol–water partition coefficient (Wildman–Crippen LogP) is 3.47. The number of carbonyl (C=O) groups excluding carboxylic acids is 1. The van der Waals surface area contributed by atoms with E-state index in [4.69, 9.17) is 9.26 Å². The van der Waals surface area contributed by atoms with Crippen LogP contribution in [0.15, 0.2) is 46.3 Å². The van der Waals surface area contributed by atoms with Crippen LogP contribution in [0.2, 0.25) is 0 Å². The van der Waals surface area contributed by atoms with Crippen molar-refractivity contribution in [1.29, 1.82) is 0 Å². The van der Waals surface area contributed by atoms with E-state index in [1.54, 1.807) is 11.3 Å². The van der Waals surface area contributed by atoms with Gasteiger partial charge < -0.3 is 19.7 Å². The molecule has 0 radical (unpaired) electrons. The molecule has 10 heteroatoms. The minimum Gasteiger partial charge on any atom is -0.491 e. The van der Waals surface area contributed by atoms with Crippen LogP contribution >= 0.6 is 23.1 Å². The number of rotatable bonds is 10. The number of hydrogen-bond donors (Lipinski definition) is 2. The number of thioether (sulfide) groups is 1. The molecule has 154 valence electrons. The fourth-order valence-corrected chi connectivity index (χ4v) is 3.67. The summed E-state index contributed by atoms with van der Waals surface area (Å²) in [6, 6.07) is 8.80. The van der Waals surface area contributed by atoms with Gasteiger partial charge in [-0.1, -0.05) is 11.2 Å². The first-order valence-electron chi connectivity index (χ1n) is 8.61. The molecule has 3 rings (SSSR count). The zero-order valence-corrected chi connectivity index (χ0v) is 16.8. The largest absolute Gasteiger partial charge is 0.491 e. The maximum absolute atomic E-state index is 13.1. The van der Waals surface area contributed by atoms with Crippen molar-refractivity contribution in [2.24, 2.45) is 0 Å². The van der Waals surface area contributed by atoms with Crippen LogP contribution in [0.1, 0.15) is 5.69 Å². The number of aromatic nitrogens is 1. The van der Waals surface area contributed by atoms with E-state index >= 15 is 0 Å². The number of aliphatic hydroxyl groups is 1. The summed E-state index contributed by atoms with van der Waals surface area (Å²) in [5, 5.41) is 18.4. The fourth-order valence-electron chi connectivity index (χ4n) is 2.26. The lowest BCUT2D eigenvalue weighted by molar-refractivity contribution is -0.119. The maximum atomic E-state index is 13.1. The summed E-state index contributed by atoms with van der Waals surface area (Å²) in [5.41, 5.74) is 0.742. The monoisotopic (exact) mass is 440 g/mol. The van der Waals surface area contributed by atoms with Crippen LogP contribution in [-0.2, 0) is 10.5 Å². The summed E-state index contributed by atoms with van der Waals surface area (Å²) in [4.78, 5) is 12.9. The van der Waals surface area contributed by atoms with E-state index < -0.39 is 17.7 Å². The SMILES string of the molecule is O=C(CSCc1cc(-c2cccs2)on1)NCC(O)COc1ccc(F)c(F)c1. The number of ether oxygens (including phenoxy) is 1. The van der Waals surface area contributed by atoms with E-state index in [9.17, 15) is 18.7 Å². The lowest BCUT2D eigenvalue weighted by atomic mass is 10.3. The van der Waals surface area contributed by atoms with Gasteiger partial charge in [0.15, 0.2) is 17.4 Å². The Morgan fingerprint density at radius 1 is 1.31 bits per heavy atom. The van der Waals surface area contributed by atoms with E-state index in [-0.39, 0.29) is 30.6 Å². The molecule has 0 aliphatic carbocycles. The molecule has 6 nitrogen and oxygen atoms in total. The smallest absolute Gasteiger partial charge is 0.230 e. The minimum atomic E-state index is -1.03. The zero-order chi connectivity index (χ0) is 20.6. The molecule has 1 atom stereocenters. The van der Waals surface area contributed by atoms with Gasteiger partial charge in [0.1, 0.15) is 18.5 Å². The van der Waals surface area contributed by atoms with Crippen molar-refractivity contribution in [3.63, 3.8) is 0 Å². The van der Waals surface area contributed by atoms with Gasteiger partial charge in [0.05, 0.1) is 16.3 Å². The van der Waals surface area contributed by atoms with Gasteiger partial charge in [0.25, 0.3) is 0 Å². The molecule has 0 aliphatic rings. The number of halogens is 2. The van der Waals surface area contributed by atoms with Gasteiger partial charge in [-0.2, -0.15) is 0 Å². The molecule has 2 N–H and O–H groups in total. The van der Waals surface area contributed by atoms with E-state index in [0.717, 1.165) is 22.7 Å². The molecule has 0 aliphatic heterocycles. The highest BCUT2D eigenvalue weighted by Crippen LogP contribution is 2.26. The molecule has 0 spiro atoms. The number of amides is 1. The number of carbonyl (C=O) groups is 1. The first-order chi connectivity index (χ1) is 14.0. The Kier molecular flexibility index (Phi) is 7.62. The summed E-state index contributed by atoms with van der Waals surface area (Å²) in [7, 11) is 0. The second kappa shape index (κ2) is 10.4. The van der Waals surface area contributed by atoms with Crippen molar-refractivity contribution < 1.29 is 27.9 Å². The number of nitrogens with zero attached hydrogens (tertiary/aromatic N) is 1. The highest BCUT2D eigenvalue weighted by Gasteiger charge is 2.11. The Morgan fingerprint density at radius 3 is 2.93 bits per heavy atom. The van der Waals surface area contributed by atoms with E-state index in [2.05, 4.69) is 10.5 Å². The number of thiophene rings is 1. The van der Waals surface area contributed by atoms with Gasteiger partial charge in [-0.15, -0.1) is 23.1 Å². The first-order valence-corrected chi connectivity index (χ1v) is 10.6. The summed E-state index contributed by atoms with van der Waals surface area (Å²) in [5.74, 6) is -0.748. The molecule has 0 fully saturated rings. The normalized spacial score (nSPS) is 12.0. The molecular weight excluding hydrogens is 422 g/mol. The van der Waals surface area contributed by atoms with Crippen LogP contribution in [0.3, 0.4) is 0 Å². The molecule has 0 saturated heterocycles. The fraction of sp³-hybridized carbons (Fsp3) is 0.263. The Hall–Kier alpha value is -2.43. The summed E-state index contributed by atoms with van der Waals surface area (Å²) in [6.45, 7) is -0.182. The molecule has 29 heavy (non-hydrogen) atoms. The number of aliphatic hydroxyl groups excluding tert-OH is 1. The van der Waals surface area contributed by atoms with Crippen molar-refractivity contribution in [2.75, 3.05) is 18.9 Å². The maximum Gasteiger partial charge on any atom is 0.230 e. The standard InChI is InChI=1S/C19H18F2N2O4S2/c20-15-4-3-14(7-16(15)21)26-9-13(24)8-22-19(25)11-28-10-12-6-17(27-23-12)18-2-1-5-29-18/h1-7,13,24H,8-11H2,(H,22,25). The Labute approximate surface area is 173 Å². The Balaban J connectivity index is 1.31. The highest BCUT2D eigenvalue weighted by atomic mass is 32.2. The quantitative estimate of drug-likeness (QED) is 0.502. The van der Waals surface area contributed by atoms with Crippen LogP contribution in [0.25, 0.3) is 10.6 Å². The average molecular weight is 440 g/mol. The second-order valence-corrected chi connectivity index (χ2v) is 7.93. The van der Waals surface area contributed by atoms with Crippen LogP contribution in [0, 0.1) is 11.6 Å². The van der Waals surface area contributed by atoms with Gasteiger partial charge in [-0.25, -0.2) is 8.78 Å². The molecule has 2 aromatic heterocycles. The molecule has 3 aromatic rings. The van der Waals surface area contributed by atoms with Gasteiger partial charge in [-0.05, 0) is 23.6 Å². The third-order valence-electron chi connectivity index (χ3n) is 3.67. The van der Waals surface area contributed by atoms with Crippen molar-refractivity contribution in [2.45, 2.75) is 11.9 Å². The Morgan fingerprint density at radius 2 is 2.17 bits per heavy atom. The van der Waals surface area contributed by atoms with Gasteiger partial charge in [0.2, 0.25) is 5.91 Å². The molecule has 1 aromatic carbocycles. The van der Waals surface area contributed by atoms with Crippen LogP contribution < -0.4 is 10.1 Å².